The van der Waals surface area contributed by atoms with Gasteiger partial charge in [0, 0.05) is 11.9 Å². The van der Waals surface area contributed by atoms with Crippen LogP contribution in [-0.4, -0.2) is 16.1 Å². The largest absolute Gasteiger partial charge is 0.481 e. The zero-order valence-electron chi connectivity index (χ0n) is 8.55. The van der Waals surface area contributed by atoms with E-state index in [2.05, 4.69) is 18.0 Å². The molecule has 3 heteroatoms. The Labute approximate surface area is 84.2 Å². The summed E-state index contributed by atoms with van der Waals surface area (Å²) in [6, 6.07) is 2.07. The van der Waals surface area contributed by atoms with E-state index < -0.39 is 5.97 Å². The minimum absolute atomic E-state index is 0.202. The van der Waals surface area contributed by atoms with E-state index in [-0.39, 0.29) is 6.42 Å². The second-order valence-corrected chi connectivity index (χ2v) is 3.53. The van der Waals surface area contributed by atoms with Gasteiger partial charge in [0.25, 0.3) is 0 Å². The lowest BCUT2D eigenvalue weighted by molar-refractivity contribution is -0.136. The van der Waals surface area contributed by atoms with E-state index in [0.717, 1.165) is 12.1 Å². The number of aromatic amines is 1. The molecule has 0 bridgehead atoms. The molecule has 1 heterocycles. The number of carbonyl (C=O) groups is 1. The number of rotatable bonds is 6. The second kappa shape index (κ2) is 5.47. The Morgan fingerprint density at radius 3 is 2.93 bits per heavy atom. The summed E-state index contributed by atoms with van der Waals surface area (Å²) in [5.74, 6) is -0.741. The van der Waals surface area contributed by atoms with Crippen molar-refractivity contribution in [2.24, 2.45) is 0 Å². The van der Waals surface area contributed by atoms with Crippen molar-refractivity contribution in [2.45, 2.75) is 39.0 Å². The third kappa shape index (κ3) is 3.64. The molecule has 0 aliphatic rings. The monoisotopic (exact) mass is 195 g/mol. The minimum atomic E-state index is -0.741. The van der Waals surface area contributed by atoms with Crippen LogP contribution >= 0.6 is 0 Å². The SMILES string of the molecule is CCCCc1c[nH]c(CCC(=O)O)c1. The van der Waals surface area contributed by atoms with Crippen molar-refractivity contribution in [3.05, 3.63) is 23.5 Å². The maximum absolute atomic E-state index is 10.3. The molecule has 14 heavy (non-hydrogen) atoms. The number of hydrogen-bond donors (Lipinski definition) is 2. The fourth-order valence-electron chi connectivity index (χ4n) is 1.40. The lowest BCUT2D eigenvalue weighted by Gasteiger charge is -1.93. The van der Waals surface area contributed by atoms with Gasteiger partial charge in [-0.2, -0.15) is 0 Å². The average Bonchev–Trinajstić information content (AvgIpc) is 2.59. The maximum Gasteiger partial charge on any atom is 0.303 e. The Bertz CT molecular complexity index is 291. The Hall–Kier alpha value is -1.25. The Balaban J connectivity index is 2.38. The molecule has 0 saturated heterocycles. The summed E-state index contributed by atoms with van der Waals surface area (Å²) in [4.78, 5) is 13.4. The van der Waals surface area contributed by atoms with E-state index >= 15 is 0 Å². The molecule has 1 aromatic heterocycles. The number of aryl methyl sites for hydroxylation is 2. The van der Waals surface area contributed by atoms with Crippen LogP contribution in [-0.2, 0) is 17.6 Å². The van der Waals surface area contributed by atoms with Crippen molar-refractivity contribution in [3.63, 3.8) is 0 Å². The molecule has 0 spiro atoms. The molecule has 0 aliphatic heterocycles. The number of carboxylic acids is 1. The Morgan fingerprint density at radius 1 is 1.50 bits per heavy atom. The van der Waals surface area contributed by atoms with Crippen molar-refractivity contribution >= 4 is 5.97 Å². The van der Waals surface area contributed by atoms with Crippen LogP contribution in [0.4, 0.5) is 0 Å². The molecular formula is C11H17NO2. The molecule has 1 aromatic rings. The summed E-state index contributed by atoms with van der Waals surface area (Å²) in [6.45, 7) is 2.16. The van der Waals surface area contributed by atoms with Crippen molar-refractivity contribution < 1.29 is 9.90 Å². The summed E-state index contributed by atoms with van der Waals surface area (Å²) in [5.41, 5.74) is 2.31. The molecule has 1 rings (SSSR count). The third-order valence-corrected chi connectivity index (χ3v) is 2.23. The maximum atomic E-state index is 10.3. The van der Waals surface area contributed by atoms with E-state index in [9.17, 15) is 4.79 Å². The molecule has 0 fully saturated rings. The number of H-pyrrole nitrogens is 1. The van der Waals surface area contributed by atoms with Gasteiger partial charge in [-0.3, -0.25) is 4.79 Å². The highest BCUT2D eigenvalue weighted by Crippen LogP contribution is 2.09. The molecule has 0 saturated carbocycles. The number of unbranched alkanes of at least 4 members (excludes halogenated alkanes) is 1. The zero-order chi connectivity index (χ0) is 10.4. The first-order chi connectivity index (χ1) is 6.72. The van der Waals surface area contributed by atoms with Crippen molar-refractivity contribution in [1.29, 1.82) is 0 Å². The van der Waals surface area contributed by atoms with Crippen molar-refractivity contribution in [2.75, 3.05) is 0 Å². The molecule has 3 nitrogen and oxygen atoms in total. The van der Waals surface area contributed by atoms with Crippen LogP contribution < -0.4 is 0 Å². The van der Waals surface area contributed by atoms with E-state index in [1.807, 2.05) is 6.20 Å². The summed E-state index contributed by atoms with van der Waals surface area (Å²) < 4.78 is 0. The number of carboxylic acid groups (broad SMARTS) is 1. The van der Waals surface area contributed by atoms with Gasteiger partial charge in [0.2, 0.25) is 0 Å². The molecular weight excluding hydrogens is 178 g/mol. The van der Waals surface area contributed by atoms with Crippen LogP contribution in [0.3, 0.4) is 0 Å². The predicted molar refractivity (Wildman–Crippen MR) is 55.4 cm³/mol. The predicted octanol–water partition coefficient (Wildman–Crippen LogP) is 2.37. The summed E-state index contributed by atoms with van der Waals surface area (Å²) in [6.07, 6.45) is 6.24. The first-order valence-electron chi connectivity index (χ1n) is 5.10. The highest BCUT2D eigenvalue weighted by molar-refractivity contribution is 5.66. The van der Waals surface area contributed by atoms with Crippen LogP contribution in [0.25, 0.3) is 0 Å². The molecule has 0 radical (unpaired) electrons. The fourth-order valence-corrected chi connectivity index (χ4v) is 1.40. The lowest BCUT2D eigenvalue weighted by Crippen LogP contribution is -1.97. The Kier molecular flexibility index (Phi) is 4.23. The average molecular weight is 195 g/mol. The van der Waals surface area contributed by atoms with Gasteiger partial charge in [-0.15, -0.1) is 0 Å². The normalized spacial score (nSPS) is 10.4. The topological polar surface area (TPSA) is 53.1 Å². The third-order valence-electron chi connectivity index (χ3n) is 2.23. The molecule has 0 amide bonds. The van der Waals surface area contributed by atoms with Crippen LogP contribution in [0, 0.1) is 0 Å². The van der Waals surface area contributed by atoms with Gasteiger partial charge in [0.05, 0.1) is 6.42 Å². The molecule has 0 aliphatic carbocycles. The number of hydrogen-bond acceptors (Lipinski definition) is 1. The van der Waals surface area contributed by atoms with Gasteiger partial charge in [-0.05, 0) is 30.9 Å². The van der Waals surface area contributed by atoms with Gasteiger partial charge >= 0.3 is 5.97 Å². The Morgan fingerprint density at radius 2 is 2.29 bits per heavy atom. The van der Waals surface area contributed by atoms with Gasteiger partial charge in [-0.1, -0.05) is 13.3 Å². The minimum Gasteiger partial charge on any atom is -0.481 e. The fraction of sp³-hybridized carbons (Fsp3) is 0.545. The quantitative estimate of drug-likeness (QED) is 0.732. The zero-order valence-corrected chi connectivity index (χ0v) is 8.55. The summed E-state index contributed by atoms with van der Waals surface area (Å²) in [7, 11) is 0. The standard InChI is InChI=1S/C11H17NO2/c1-2-3-4-9-7-10(12-8-9)5-6-11(13)14/h7-8,12H,2-6H2,1H3,(H,13,14). The van der Waals surface area contributed by atoms with E-state index in [1.165, 1.54) is 18.4 Å². The van der Waals surface area contributed by atoms with Crippen LogP contribution in [0.1, 0.15) is 37.4 Å². The second-order valence-electron chi connectivity index (χ2n) is 3.53. The van der Waals surface area contributed by atoms with Gasteiger partial charge in [-0.25, -0.2) is 0 Å². The number of aliphatic carboxylic acids is 1. The first-order valence-corrected chi connectivity index (χ1v) is 5.10. The summed E-state index contributed by atoms with van der Waals surface area (Å²) in [5, 5.41) is 8.51. The van der Waals surface area contributed by atoms with Gasteiger partial charge in [0.15, 0.2) is 0 Å². The number of aromatic nitrogens is 1. The van der Waals surface area contributed by atoms with Crippen molar-refractivity contribution in [3.8, 4) is 0 Å². The highest BCUT2D eigenvalue weighted by atomic mass is 16.4. The van der Waals surface area contributed by atoms with Gasteiger partial charge < -0.3 is 10.1 Å². The van der Waals surface area contributed by atoms with Crippen LogP contribution in [0.15, 0.2) is 12.3 Å². The smallest absolute Gasteiger partial charge is 0.303 e. The van der Waals surface area contributed by atoms with Gasteiger partial charge in [0.1, 0.15) is 0 Å². The summed E-state index contributed by atoms with van der Waals surface area (Å²) >= 11 is 0. The van der Waals surface area contributed by atoms with E-state index in [0.29, 0.717) is 6.42 Å². The molecule has 0 unspecified atom stereocenters. The van der Waals surface area contributed by atoms with Crippen LogP contribution in [0.5, 0.6) is 0 Å². The highest BCUT2D eigenvalue weighted by Gasteiger charge is 2.01. The number of nitrogens with one attached hydrogen (secondary N) is 1. The lowest BCUT2D eigenvalue weighted by atomic mass is 10.1. The van der Waals surface area contributed by atoms with E-state index in [4.69, 9.17) is 5.11 Å². The molecule has 0 atom stereocenters. The molecule has 0 aromatic carbocycles. The van der Waals surface area contributed by atoms with Crippen LogP contribution in [0.2, 0.25) is 0 Å². The molecule has 78 valence electrons. The molecule has 2 N–H and O–H groups in total. The first kappa shape index (κ1) is 10.8. The van der Waals surface area contributed by atoms with Crippen molar-refractivity contribution in [1.82, 2.24) is 4.98 Å². The van der Waals surface area contributed by atoms with E-state index in [1.54, 1.807) is 0 Å².